The number of oxazole rings is 1. The minimum absolute atomic E-state index is 0.423. The van der Waals surface area contributed by atoms with Crippen molar-refractivity contribution in [2.45, 2.75) is 25.2 Å². The Morgan fingerprint density at radius 3 is 3.11 bits per heavy atom. The normalized spacial score (nSPS) is 17.3. The predicted octanol–water partition coefficient (Wildman–Crippen LogP) is 2.51. The molecule has 1 atom stereocenters. The van der Waals surface area contributed by atoms with Crippen molar-refractivity contribution in [3.63, 3.8) is 0 Å². The Morgan fingerprint density at radius 1 is 1.39 bits per heavy atom. The van der Waals surface area contributed by atoms with E-state index >= 15 is 0 Å². The first kappa shape index (κ1) is 11.5. The van der Waals surface area contributed by atoms with Gasteiger partial charge in [-0.3, -0.25) is 0 Å². The van der Waals surface area contributed by atoms with Gasteiger partial charge in [-0.05, 0) is 37.6 Å². The lowest BCUT2D eigenvalue weighted by Gasteiger charge is -2.27. The van der Waals surface area contributed by atoms with Crippen LogP contribution in [0.4, 0.5) is 0 Å². The monoisotopic (exact) mass is 242 g/mol. The van der Waals surface area contributed by atoms with Crippen LogP contribution in [-0.4, -0.2) is 18.6 Å². The molecular weight excluding hydrogens is 224 g/mol. The molecule has 1 aliphatic carbocycles. The second kappa shape index (κ2) is 4.94. The molecule has 1 heterocycles. The predicted molar refractivity (Wildman–Crippen MR) is 70.7 cm³/mol. The number of aromatic nitrogens is 1. The van der Waals surface area contributed by atoms with Crippen molar-refractivity contribution in [1.82, 2.24) is 10.3 Å². The number of hydrogen-bond acceptors (Lipinski definition) is 3. The first-order valence-corrected chi connectivity index (χ1v) is 6.55. The second-order valence-electron chi connectivity index (χ2n) is 4.82. The third-order valence-corrected chi connectivity index (χ3v) is 3.59. The maximum Gasteiger partial charge on any atom is 0.194 e. The molecule has 3 heteroatoms. The highest BCUT2D eigenvalue weighted by atomic mass is 16.4. The molecule has 1 aliphatic rings. The first-order chi connectivity index (χ1) is 8.88. The highest BCUT2D eigenvalue weighted by molar-refractivity contribution is 5.44. The molecule has 0 fully saturated rings. The summed E-state index contributed by atoms with van der Waals surface area (Å²) in [6.07, 6.45) is 4.96. The van der Waals surface area contributed by atoms with Gasteiger partial charge in [0.2, 0.25) is 0 Å². The molecule has 0 bridgehead atoms. The third kappa shape index (κ3) is 2.06. The Bertz CT molecular complexity index is 533. The average Bonchev–Trinajstić information content (AvgIpc) is 2.80. The topological polar surface area (TPSA) is 38.1 Å². The van der Waals surface area contributed by atoms with Crippen molar-refractivity contribution in [1.29, 1.82) is 0 Å². The van der Waals surface area contributed by atoms with E-state index in [9.17, 15) is 0 Å². The molecule has 1 unspecified atom stereocenters. The zero-order valence-electron chi connectivity index (χ0n) is 10.6. The number of nitrogens with zero attached hydrogens (tertiary/aromatic N) is 1. The fourth-order valence-corrected chi connectivity index (χ4v) is 2.53. The largest absolute Gasteiger partial charge is 0.445 e. The van der Waals surface area contributed by atoms with Gasteiger partial charge in [-0.1, -0.05) is 24.3 Å². The molecule has 1 aromatic heterocycles. The van der Waals surface area contributed by atoms with E-state index in [1.54, 1.807) is 0 Å². The lowest BCUT2D eigenvalue weighted by molar-refractivity contribution is 0.421. The van der Waals surface area contributed by atoms with Crippen LogP contribution in [0.25, 0.3) is 0 Å². The van der Waals surface area contributed by atoms with Gasteiger partial charge in [0.05, 0.1) is 6.20 Å². The van der Waals surface area contributed by atoms with Crippen LogP contribution in [0.5, 0.6) is 0 Å². The van der Waals surface area contributed by atoms with Crippen LogP contribution >= 0.6 is 0 Å². The Hall–Kier alpha value is -1.61. The Balaban J connectivity index is 1.68. The van der Waals surface area contributed by atoms with Gasteiger partial charge < -0.3 is 9.73 Å². The van der Waals surface area contributed by atoms with Gasteiger partial charge in [0.1, 0.15) is 5.76 Å². The van der Waals surface area contributed by atoms with Crippen molar-refractivity contribution in [2.75, 3.05) is 13.6 Å². The first-order valence-electron chi connectivity index (χ1n) is 6.55. The molecule has 1 aromatic carbocycles. The average molecular weight is 242 g/mol. The summed E-state index contributed by atoms with van der Waals surface area (Å²) in [4.78, 5) is 4.37. The fourth-order valence-electron chi connectivity index (χ4n) is 2.53. The molecule has 0 saturated heterocycles. The summed E-state index contributed by atoms with van der Waals surface area (Å²) >= 11 is 0. The van der Waals surface area contributed by atoms with Crippen LogP contribution in [-0.2, 0) is 12.8 Å². The van der Waals surface area contributed by atoms with Gasteiger partial charge in [0.15, 0.2) is 5.89 Å². The third-order valence-electron chi connectivity index (χ3n) is 3.59. The minimum Gasteiger partial charge on any atom is -0.445 e. The van der Waals surface area contributed by atoms with Crippen molar-refractivity contribution < 1.29 is 4.42 Å². The number of aryl methyl sites for hydroxylation is 1. The molecule has 1 N–H and O–H groups in total. The zero-order chi connectivity index (χ0) is 12.4. The van der Waals surface area contributed by atoms with E-state index < -0.39 is 0 Å². The van der Waals surface area contributed by atoms with Crippen LogP contribution in [0.2, 0.25) is 0 Å². The van der Waals surface area contributed by atoms with E-state index in [0.717, 1.165) is 37.5 Å². The molecule has 0 amide bonds. The van der Waals surface area contributed by atoms with Gasteiger partial charge in [-0.15, -0.1) is 0 Å². The van der Waals surface area contributed by atoms with Crippen LogP contribution in [0.3, 0.4) is 0 Å². The number of rotatable bonds is 5. The molecule has 3 nitrogen and oxygen atoms in total. The number of fused-ring (bicyclic) bond motifs is 1. The summed E-state index contributed by atoms with van der Waals surface area (Å²) in [6.45, 7) is 1.00. The van der Waals surface area contributed by atoms with E-state index in [1.807, 2.05) is 13.2 Å². The van der Waals surface area contributed by atoms with Gasteiger partial charge in [-0.25, -0.2) is 4.98 Å². The van der Waals surface area contributed by atoms with Gasteiger partial charge in [0, 0.05) is 12.3 Å². The quantitative estimate of drug-likeness (QED) is 0.819. The van der Waals surface area contributed by atoms with Crippen LogP contribution in [0.1, 0.15) is 35.1 Å². The van der Waals surface area contributed by atoms with Crippen LogP contribution in [0, 0.1) is 0 Å². The van der Waals surface area contributed by atoms with E-state index in [1.165, 1.54) is 11.1 Å². The van der Waals surface area contributed by atoms with Crippen molar-refractivity contribution in [3.05, 3.63) is 53.2 Å². The minimum atomic E-state index is 0.423. The lowest BCUT2D eigenvalue weighted by Crippen LogP contribution is -2.17. The molecule has 0 spiro atoms. The number of hydrogen-bond donors (Lipinski definition) is 1. The van der Waals surface area contributed by atoms with Crippen LogP contribution in [0.15, 0.2) is 34.9 Å². The van der Waals surface area contributed by atoms with E-state index in [2.05, 4.69) is 34.6 Å². The second-order valence-corrected chi connectivity index (χ2v) is 4.82. The number of benzene rings is 1. The van der Waals surface area contributed by atoms with Gasteiger partial charge in [-0.2, -0.15) is 0 Å². The molecule has 0 saturated carbocycles. The fraction of sp³-hybridized carbons (Fsp3) is 0.400. The van der Waals surface area contributed by atoms with Gasteiger partial charge in [0.25, 0.3) is 0 Å². The molecule has 0 aliphatic heterocycles. The van der Waals surface area contributed by atoms with Crippen molar-refractivity contribution in [2.24, 2.45) is 0 Å². The molecule has 3 rings (SSSR count). The van der Waals surface area contributed by atoms with Crippen LogP contribution < -0.4 is 5.32 Å². The summed E-state index contributed by atoms with van der Waals surface area (Å²) in [5, 5.41) is 3.13. The molecular formula is C15H18N2O. The van der Waals surface area contributed by atoms with E-state index in [0.29, 0.717) is 5.92 Å². The maximum atomic E-state index is 5.85. The summed E-state index contributed by atoms with van der Waals surface area (Å²) in [5.41, 5.74) is 2.84. The SMILES string of the molecule is CNCCCc1ncc(C2Cc3ccccc32)o1. The number of nitrogens with one attached hydrogen (secondary N) is 1. The van der Waals surface area contributed by atoms with Crippen molar-refractivity contribution >= 4 is 0 Å². The highest BCUT2D eigenvalue weighted by Gasteiger charge is 2.29. The summed E-state index contributed by atoms with van der Waals surface area (Å²) in [6, 6.07) is 8.57. The Morgan fingerprint density at radius 2 is 2.28 bits per heavy atom. The summed E-state index contributed by atoms with van der Waals surface area (Å²) in [7, 11) is 1.96. The molecule has 2 aromatic rings. The standard InChI is InChI=1S/C15H18N2O/c1-16-8-4-7-15-17-10-14(18-15)13-9-11-5-2-3-6-12(11)13/h2-3,5-6,10,13,16H,4,7-9H2,1H3. The Kier molecular flexibility index (Phi) is 3.15. The summed E-state index contributed by atoms with van der Waals surface area (Å²) in [5.74, 6) is 2.31. The molecule has 18 heavy (non-hydrogen) atoms. The van der Waals surface area contributed by atoms with E-state index in [4.69, 9.17) is 4.42 Å². The summed E-state index contributed by atoms with van der Waals surface area (Å²) < 4.78 is 5.85. The zero-order valence-corrected chi connectivity index (χ0v) is 10.6. The molecule has 0 radical (unpaired) electrons. The maximum absolute atomic E-state index is 5.85. The van der Waals surface area contributed by atoms with Crippen molar-refractivity contribution in [3.8, 4) is 0 Å². The smallest absolute Gasteiger partial charge is 0.194 e. The molecule has 94 valence electrons. The lowest BCUT2D eigenvalue weighted by atomic mass is 9.76. The highest BCUT2D eigenvalue weighted by Crippen LogP contribution is 2.39. The Labute approximate surface area is 107 Å². The van der Waals surface area contributed by atoms with Gasteiger partial charge >= 0.3 is 0 Å². The van der Waals surface area contributed by atoms with E-state index in [-0.39, 0.29) is 0 Å².